The van der Waals surface area contributed by atoms with Gasteiger partial charge in [-0.1, -0.05) is 6.07 Å². The maximum Gasteiger partial charge on any atom is 0.409 e. The molecule has 0 aliphatic heterocycles. The van der Waals surface area contributed by atoms with Crippen molar-refractivity contribution in [3.8, 4) is 5.75 Å². The topological polar surface area (TPSA) is 58.6 Å². The van der Waals surface area contributed by atoms with Gasteiger partial charge in [0.2, 0.25) is 0 Å². The normalized spacial score (nSPS) is 14.7. The first-order valence-electron chi connectivity index (χ1n) is 4.97. The summed E-state index contributed by atoms with van der Waals surface area (Å²) in [5.74, 6) is 1.41. The molecule has 0 unspecified atom stereocenters. The van der Waals surface area contributed by atoms with Crippen LogP contribution in [-0.2, 0) is 0 Å². The van der Waals surface area contributed by atoms with Crippen LogP contribution in [0.5, 0.6) is 5.75 Å². The largest absolute Gasteiger partial charge is 0.493 e. The van der Waals surface area contributed by atoms with E-state index in [4.69, 9.17) is 9.84 Å². The zero-order chi connectivity index (χ0) is 10.7. The molecule has 1 amide bonds. The van der Waals surface area contributed by atoms with Gasteiger partial charge in [-0.25, -0.2) is 4.79 Å². The molecular formula is C11H13NO3. The van der Waals surface area contributed by atoms with Crippen LogP contribution in [-0.4, -0.2) is 17.8 Å². The number of amides is 1. The summed E-state index contributed by atoms with van der Waals surface area (Å²) < 4.78 is 5.52. The van der Waals surface area contributed by atoms with E-state index in [0.29, 0.717) is 17.4 Å². The van der Waals surface area contributed by atoms with Gasteiger partial charge in [0.05, 0.1) is 6.61 Å². The van der Waals surface area contributed by atoms with Crippen molar-refractivity contribution in [1.29, 1.82) is 0 Å². The van der Waals surface area contributed by atoms with Crippen molar-refractivity contribution in [2.24, 2.45) is 5.92 Å². The predicted octanol–water partition coefficient (Wildman–Crippen LogP) is 2.57. The van der Waals surface area contributed by atoms with Gasteiger partial charge in [-0.05, 0) is 30.9 Å². The third-order valence-electron chi connectivity index (χ3n) is 2.27. The Hall–Kier alpha value is -1.71. The lowest BCUT2D eigenvalue weighted by molar-refractivity contribution is 0.209. The van der Waals surface area contributed by atoms with Crippen LogP contribution in [0.25, 0.3) is 0 Å². The average Bonchev–Trinajstić information content (AvgIpc) is 2.97. The Bertz CT molecular complexity index is 361. The molecular weight excluding hydrogens is 194 g/mol. The minimum Gasteiger partial charge on any atom is -0.493 e. The number of nitrogens with one attached hydrogen (secondary N) is 1. The molecule has 1 fully saturated rings. The highest BCUT2D eigenvalue weighted by atomic mass is 16.5. The Balaban J connectivity index is 1.94. The summed E-state index contributed by atoms with van der Waals surface area (Å²) in [6.07, 6.45) is 1.43. The zero-order valence-corrected chi connectivity index (χ0v) is 8.27. The molecule has 1 aromatic rings. The molecule has 1 saturated carbocycles. The lowest BCUT2D eigenvalue weighted by Gasteiger charge is -2.06. The summed E-state index contributed by atoms with van der Waals surface area (Å²) in [6, 6.07) is 6.98. The number of rotatable bonds is 4. The Morgan fingerprint density at radius 2 is 2.33 bits per heavy atom. The number of carbonyl (C=O) groups is 1. The smallest absolute Gasteiger partial charge is 0.409 e. The second kappa shape index (κ2) is 4.21. The van der Waals surface area contributed by atoms with Gasteiger partial charge in [-0.2, -0.15) is 0 Å². The van der Waals surface area contributed by atoms with Crippen molar-refractivity contribution < 1.29 is 14.6 Å². The minimum atomic E-state index is -1.06. The van der Waals surface area contributed by atoms with Gasteiger partial charge < -0.3 is 9.84 Å². The number of benzene rings is 1. The molecule has 0 saturated heterocycles. The van der Waals surface area contributed by atoms with Crippen LogP contribution in [0.2, 0.25) is 0 Å². The second-order valence-corrected chi connectivity index (χ2v) is 3.71. The number of hydrogen-bond donors (Lipinski definition) is 2. The maximum atomic E-state index is 10.4. The minimum absolute atomic E-state index is 0.538. The SMILES string of the molecule is O=C(O)Nc1cccc(OCC2CC2)c1. The number of carboxylic acid groups (broad SMARTS) is 1. The van der Waals surface area contributed by atoms with Gasteiger partial charge in [0.25, 0.3) is 0 Å². The van der Waals surface area contributed by atoms with E-state index in [-0.39, 0.29) is 0 Å². The van der Waals surface area contributed by atoms with E-state index in [1.54, 1.807) is 18.2 Å². The van der Waals surface area contributed by atoms with Crippen LogP contribution < -0.4 is 10.1 Å². The molecule has 0 aromatic heterocycles. The van der Waals surface area contributed by atoms with E-state index in [0.717, 1.165) is 6.61 Å². The van der Waals surface area contributed by atoms with Gasteiger partial charge in [0, 0.05) is 11.8 Å². The zero-order valence-electron chi connectivity index (χ0n) is 8.27. The van der Waals surface area contributed by atoms with Gasteiger partial charge in [-0.3, -0.25) is 5.32 Å². The molecule has 2 rings (SSSR count). The summed E-state index contributed by atoms with van der Waals surface area (Å²) in [6.45, 7) is 0.733. The highest BCUT2D eigenvalue weighted by Crippen LogP contribution is 2.29. The summed E-state index contributed by atoms with van der Waals surface area (Å²) >= 11 is 0. The third kappa shape index (κ3) is 3.16. The van der Waals surface area contributed by atoms with E-state index in [1.165, 1.54) is 12.8 Å². The third-order valence-corrected chi connectivity index (χ3v) is 2.27. The molecule has 4 heteroatoms. The Morgan fingerprint density at radius 1 is 1.53 bits per heavy atom. The quantitative estimate of drug-likeness (QED) is 0.797. The molecule has 0 bridgehead atoms. The molecule has 15 heavy (non-hydrogen) atoms. The summed E-state index contributed by atoms with van der Waals surface area (Å²) in [7, 11) is 0. The first-order valence-corrected chi connectivity index (χ1v) is 4.97. The van der Waals surface area contributed by atoms with Crippen molar-refractivity contribution in [2.45, 2.75) is 12.8 Å². The van der Waals surface area contributed by atoms with E-state index in [9.17, 15) is 4.79 Å². The first-order chi connectivity index (χ1) is 7.24. The van der Waals surface area contributed by atoms with Crippen LogP contribution in [0.15, 0.2) is 24.3 Å². The monoisotopic (exact) mass is 207 g/mol. The molecule has 0 radical (unpaired) electrons. The van der Waals surface area contributed by atoms with Gasteiger partial charge in [-0.15, -0.1) is 0 Å². The van der Waals surface area contributed by atoms with Crippen molar-refractivity contribution in [3.63, 3.8) is 0 Å². The summed E-state index contributed by atoms with van der Waals surface area (Å²) in [4.78, 5) is 10.4. The van der Waals surface area contributed by atoms with Gasteiger partial charge in [0.1, 0.15) is 5.75 Å². The summed E-state index contributed by atoms with van der Waals surface area (Å²) in [5, 5.41) is 10.8. The Kier molecular flexibility index (Phi) is 2.76. The highest BCUT2D eigenvalue weighted by Gasteiger charge is 2.21. The van der Waals surface area contributed by atoms with E-state index in [2.05, 4.69) is 5.32 Å². The standard InChI is InChI=1S/C11H13NO3/c13-11(14)12-9-2-1-3-10(6-9)15-7-8-4-5-8/h1-3,6,8,12H,4-5,7H2,(H,13,14). The van der Waals surface area contributed by atoms with E-state index in [1.807, 2.05) is 6.07 Å². The van der Waals surface area contributed by atoms with Crippen molar-refractivity contribution in [1.82, 2.24) is 0 Å². The highest BCUT2D eigenvalue weighted by molar-refractivity contribution is 5.83. The van der Waals surface area contributed by atoms with E-state index < -0.39 is 6.09 Å². The van der Waals surface area contributed by atoms with Crippen LogP contribution in [0.1, 0.15) is 12.8 Å². The maximum absolute atomic E-state index is 10.4. The Morgan fingerprint density at radius 3 is 3.00 bits per heavy atom. The fraction of sp³-hybridized carbons (Fsp3) is 0.364. The first kappa shape index (κ1) is 9.83. The Labute approximate surface area is 87.9 Å². The van der Waals surface area contributed by atoms with Crippen LogP contribution in [0, 0.1) is 5.92 Å². The lowest BCUT2D eigenvalue weighted by Crippen LogP contribution is -2.07. The van der Waals surface area contributed by atoms with Crippen LogP contribution in [0.4, 0.5) is 10.5 Å². The fourth-order valence-electron chi connectivity index (χ4n) is 1.29. The number of hydrogen-bond acceptors (Lipinski definition) is 2. The molecule has 1 aliphatic carbocycles. The van der Waals surface area contributed by atoms with Crippen LogP contribution >= 0.6 is 0 Å². The fourth-order valence-corrected chi connectivity index (χ4v) is 1.29. The van der Waals surface area contributed by atoms with Crippen LogP contribution in [0.3, 0.4) is 0 Å². The second-order valence-electron chi connectivity index (χ2n) is 3.71. The van der Waals surface area contributed by atoms with Gasteiger partial charge in [0.15, 0.2) is 0 Å². The molecule has 0 heterocycles. The molecule has 2 N–H and O–H groups in total. The average molecular weight is 207 g/mol. The number of ether oxygens (including phenoxy) is 1. The van der Waals surface area contributed by atoms with Gasteiger partial charge >= 0.3 is 6.09 Å². The molecule has 0 spiro atoms. The van der Waals surface area contributed by atoms with Crippen molar-refractivity contribution in [3.05, 3.63) is 24.3 Å². The van der Waals surface area contributed by atoms with E-state index >= 15 is 0 Å². The molecule has 1 aromatic carbocycles. The predicted molar refractivity (Wildman–Crippen MR) is 56.3 cm³/mol. The molecule has 4 nitrogen and oxygen atoms in total. The molecule has 1 aliphatic rings. The summed E-state index contributed by atoms with van der Waals surface area (Å²) in [5.41, 5.74) is 0.538. The molecule has 80 valence electrons. The molecule has 0 atom stereocenters. The van der Waals surface area contributed by atoms with Crippen molar-refractivity contribution in [2.75, 3.05) is 11.9 Å². The lowest BCUT2D eigenvalue weighted by atomic mass is 10.3. The van der Waals surface area contributed by atoms with Crippen molar-refractivity contribution >= 4 is 11.8 Å². The number of anilines is 1.